The van der Waals surface area contributed by atoms with E-state index in [-0.39, 0.29) is 17.4 Å². The lowest BCUT2D eigenvalue weighted by molar-refractivity contribution is -0.255. The molecule has 0 aromatic carbocycles. The van der Waals surface area contributed by atoms with Gasteiger partial charge in [0.25, 0.3) is 0 Å². The van der Waals surface area contributed by atoms with Crippen LogP contribution in [0.4, 0.5) is 0 Å². The molecule has 1 fully saturated rings. The number of H-pyrrole nitrogens is 1. The van der Waals surface area contributed by atoms with Crippen LogP contribution in [0.5, 0.6) is 0 Å². The Morgan fingerprint density at radius 2 is 1.94 bits per heavy atom. The molecule has 0 atom stereocenters. The van der Waals surface area contributed by atoms with E-state index in [0.29, 0.717) is 5.56 Å². The van der Waals surface area contributed by atoms with E-state index in [4.69, 9.17) is 0 Å². The van der Waals surface area contributed by atoms with E-state index in [1.807, 2.05) is 0 Å². The van der Waals surface area contributed by atoms with Gasteiger partial charge in [-0.1, -0.05) is 19.3 Å². The van der Waals surface area contributed by atoms with Crippen molar-refractivity contribution in [3.63, 3.8) is 0 Å². The monoisotopic (exact) mass is 220 g/mol. The fourth-order valence-corrected chi connectivity index (χ4v) is 2.25. The lowest BCUT2D eigenvalue weighted by Crippen LogP contribution is -2.22. The smallest absolute Gasteiger partial charge is 0.167 e. The van der Waals surface area contributed by atoms with E-state index < -0.39 is 5.97 Å². The Balaban J connectivity index is 2.10. The number of hydrogen-bond acceptors (Lipinski definition) is 3. The van der Waals surface area contributed by atoms with Gasteiger partial charge in [0.05, 0.1) is 11.7 Å². The Bertz CT molecular complexity index is 402. The zero-order chi connectivity index (χ0) is 11.5. The zero-order valence-electron chi connectivity index (χ0n) is 8.99. The van der Waals surface area contributed by atoms with Crippen molar-refractivity contribution < 1.29 is 14.7 Å². The number of carboxylic acid groups (broad SMARTS) is 1. The average molecular weight is 220 g/mol. The van der Waals surface area contributed by atoms with Crippen LogP contribution in [-0.4, -0.2) is 16.7 Å². The van der Waals surface area contributed by atoms with Crippen LogP contribution in [0.15, 0.2) is 12.3 Å². The molecule has 1 aliphatic carbocycles. The Morgan fingerprint density at radius 3 is 2.50 bits per heavy atom. The van der Waals surface area contributed by atoms with Crippen LogP contribution in [0.25, 0.3) is 0 Å². The molecule has 1 aliphatic rings. The molecule has 86 valence electrons. The van der Waals surface area contributed by atoms with Gasteiger partial charge in [0.1, 0.15) is 0 Å². The maximum atomic E-state index is 12.0. The number of aromatic amines is 1. The topological polar surface area (TPSA) is 73.0 Å². The molecule has 0 spiro atoms. The molecule has 0 bridgehead atoms. The summed E-state index contributed by atoms with van der Waals surface area (Å²) in [6.45, 7) is 0. The van der Waals surface area contributed by atoms with Crippen LogP contribution in [0.3, 0.4) is 0 Å². The second-order valence-electron chi connectivity index (χ2n) is 4.29. The third-order valence-electron chi connectivity index (χ3n) is 3.16. The summed E-state index contributed by atoms with van der Waals surface area (Å²) < 4.78 is 0. The van der Waals surface area contributed by atoms with Crippen LogP contribution < -0.4 is 5.11 Å². The van der Waals surface area contributed by atoms with Crippen molar-refractivity contribution in [2.45, 2.75) is 32.1 Å². The molecule has 1 aromatic heterocycles. The molecule has 2 rings (SSSR count). The maximum Gasteiger partial charge on any atom is 0.167 e. The van der Waals surface area contributed by atoms with Gasteiger partial charge in [0.2, 0.25) is 0 Å². The fourth-order valence-electron chi connectivity index (χ4n) is 2.25. The number of nitrogens with one attached hydrogen (secondary N) is 1. The minimum atomic E-state index is -1.28. The van der Waals surface area contributed by atoms with Crippen molar-refractivity contribution >= 4 is 11.8 Å². The normalized spacial score (nSPS) is 17.2. The predicted molar refractivity (Wildman–Crippen MR) is 56.0 cm³/mol. The van der Waals surface area contributed by atoms with E-state index in [2.05, 4.69) is 4.98 Å². The van der Waals surface area contributed by atoms with E-state index in [1.54, 1.807) is 0 Å². The van der Waals surface area contributed by atoms with E-state index >= 15 is 0 Å². The molecule has 1 N–H and O–H groups in total. The summed E-state index contributed by atoms with van der Waals surface area (Å²) in [5, 5.41) is 10.6. The number of aromatic nitrogens is 1. The molecule has 4 heteroatoms. The zero-order valence-corrected chi connectivity index (χ0v) is 8.99. The Kier molecular flexibility index (Phi) is 3.08. The predicted octanol–water partition coefficient (Wildman–Crippen LogP) is 1.14. The van der Waals surface area contributed by atoms with Gasteiger partial charge >= 0.3 is 0 Å². The number of carbonyl (C=O) groups excluding carboxylic acids is 2. The second kappa shape index (κ2) is 4.51. The molecule has 0 radical (unpaired) electrons. The van der Waals surface area contributed by atoms with Gasteiger partial charge in [-0.05, 0) is 18.9 Å². The van der Waals surface area contributed by atoms with Crippen molar-refractivity contribution in [3.8, 4) is 0 Å². The Morgan fingerprint density at radius 1 is 1.25 bits per heavy atom. The van der Waals surface area contributed by atoms with Gasteiger partial charge in [-0.25, -0.2) is 0 Å². The largest absolute Gasteiger partial charge is 0.543 e. The molecule has 1 heterocycles. The minimum Gasteiger partial charge on any atom is -0.543 e. The highest BCUT2D eigenvalue weighted by Gasteiger charge is 2.22. The van der Waals surface area contributed by atoms with E-state index in [9.17, 15) is 14.7 Å². The van der Waals surface area contributed by atoms with Gasteiger partial charge in [0, 0.05) is 17.7 Å². The average Bonchev–Trinajstić information content (AvgIpc) is 2.78. The first kappa shape index (κ1) is 10.9. The number of hydrogen-bond donors (Lipinski definition) is 1. The molecular formula is C12H14NO3-. The maximum absolute atomic E-state index is 12.0. The second-order valence-corrected chi connectivity index (χ2v) is 4.29. The molecule has 16 heavy (non-hydrogen) atoms. The molecule has 0 amide bonds. The quantitative estimate of drug-likeness (QED) is 0.776. The highest BCUT2D eigenvalue weighted by Crippen LogP contribution is 2.26. The van der Waals surface area contributed by atoms with Crippen molar-refractivity contribution in [3.05, 3.63) is 23.5 Å². The van der Waals surface area contributed by atoms with Gasteiger partial charge in [0.15, 0.2) is 5.78 Å². The Labute approximate surface area is 93.7 Å². The molecule has 0 aliphatic heterocycles. The van der Waals surface area contributed by atoms with Crippen LogP contribution in [0.1, 0.15) is 53.0 Å². The number of carboxylic acids is 1. The van der Waals surface area contributed by atoms with E-state index in [0.717, 1.165) is 25.7 Å². The van der Waals surface area contributed by atoms with Crippen LogP contribution >= 0.6 is 0 Å². The highest BCUT2D eigenvalue weighted by atomic mass is 16.4. The molecule has 1 saturated carbocycles. The van der Waals surface area contributed by atoms with Gasteiger partial charge in [-0.3, -0.25) is 4.79 Å². The molecular weight excluding hydrogens is 206 g/mol. The summed E-state index contributed by atoms with van der Waals surface area (Å²) in [4.78, 5) is 25.1. The highest BCUT2D eigenvalue weighted by molar-refractivity contribution is 5.99. The van der Waals surface area contributed by atoms with Crippen molar-refractivity contribution in [2.75, 3.05) is 0 Å². The number of carbonyl (C=O) groups is 2. The fraction of sp³-hybridized carbons (Fsp3) is 0.500. The molecule has 0 saturated heterocycles. The Hall–Kier alpha value is -1.58. The van der Waals surface area contributed by atoms with Gasteiger partial charge < -0.3 is 14.9 Å². The van der Waals surface area contributed by atoms with Crippen molar-refractivity contribution in [2.24, 2.45) is 5.92 Å². The first-order chi connectivity index (χ1) is 7.68. The number of ketones is 1. The van der Waals surface area contributed by atoms with Crippen LogP contribution in [-0.2, 0) is 0 Å². The molecule has 0 unspecified atom stereocenters. The van der Waals surface area contributed by atoms with E-state index in [1.165, 1.54) is 18.7 Å². The van der Waals surface area contributed by atoms with Crippen molar-refractivity contribution in [1.29, 1.82) is 0 Å². The third-order valence-corrected chi connectivity index (χ3v) is 3.16. The molecule has 1 aromatic rings. The first-order valence-electron chi connectivity index (χ1n) is 5.62. The van der Waals surface area contributed by atoms with Gasteiger partial charge in [-0.2, -0.15) is 0 Å². The molecule has 4 nitrogen and oxygen atoms in total. The summed E-state index contributed by atoms with van der Waals surface area (Å²) in [6, 6.07) is 1.37. The number of Topliss-reactive ketones (excluding diaryl/α,β-unsaturated/α-hetero) is 1. The number of rotatable bonds is 3. The van der Waals surface area contributed by atoms with Crippen LogP contribution in [0, 0.1) is 5.92 Å². The van der Waals surface area contributed by atoms with Gasteiger partial charge in [-0.15, -0.1) is 0 Å². The minimum absolute atomic E-state index is 0.0286. The summed E-state index contributed by atoms with van der Waals surface area (Å²) in [6.07, 6.45) is 6.68. The van der Waals surface area contributed by atoms with Crippen molar-refractivity contribution in [1.82, 2.24) is 4.98 Å². The number of aromatic carboxylic acids is 1. The van der Waals surface area contributed by atoms with Crippen LogP contribution in [0.2, 0.25) is 0 Å². The SMILES string of the molecule is O=C([O-])c1cc(C(=O)C2CCCCC2)c[nH]1. The standard InChI is InChI=1S/C12H15NO3/c14-11(8-4-2-1-3-5-8)9-6-10(12(15)16)13-7-9/h6-8,13H,1-5H2,(H,15,16)/p-1. The summed E-state index contributed by atoms with van der Waals surface area (Å²) in [5.74, 6) is -1.15. The lowest BCUT2D eigenvalue weighted by atomic mass is 9.84. The third kappa shape index (κ3) is 2.15. The summed E-state index contributed by atoms with van der Waals surface area (Å²) >= 11 is 0. The first-order valence-corrected chi connectivity index (χ1v) is 5.62. The lowest BCUT2D eigenvalue weighted by Gasteiger charge is -2.19. The summed E-state index contributed by atoms with van der Waals surface area (Å²) in [7, 11) is 0. The summed E-state index contributed by atoms with van der Waals surface area (Å²) in [5.41, 5.74) is 0.435.